The molecule has 0 radical (unpaired) electrons. The molecule has 3 heteroatoms. The van der Waals surface area contributed by atoms with Crippen molar-refractivity contribution in [3.63, 3.8) is 0 Å². The number of benzene rings is 1. The Hall–Kier alpha value is -1.82. The van der Waals surface area contributed by atoms with Crippen molar-refractivity contribution in [2.75, 3.05) is 0 Å². The number of nitrogens with zero attached hydrogens (tertiary/aromatic N) is 1. The van der Waals surface area contributed by atoms with Crippen LogP contribution in [0.4, 0.5) is 0 Å². The molecule has 1 N–H and O–H groups in total. The Labute approximate surface area is 83.4 Å². The highest BCUT2D eigenvalue weighted by molar-refractivity contribution is 5.73. The minimum absolute atomic E-state index is 0.0548. The second kappa shape index (κ2) is 4.43. The van der Waals surface area contributed by atoms with Crippen molar-refractivity contribution in [2.45, 2.75) is 19.9 Å². The van der Waals surface area contributed by atoms with Gasteiger partial charge in [0.1, 0.15) is 0 Å². The minimum atomic E-state index is -0.0696. The van der Waals surface area contributed by atoms with Gasteiger partial charge in [-0.15, -0.1) is 0 Å². The van der Waals surface area contributed by atoms with Gasteiger partial charge in [0, 0.05) is 6.92 Å². The number of nitriles is 1. The number of hydrogen-bond donors (Lipinski definition) is 1. The molecular weight excluding hydrogens is 176 g/mol. The highest BCUT2D eigenvalue weighted by Crippen LogP contribution is 2.13. The predicted octanol–water partition coefficient (Wildman–Crippen LogP) is 1.76. The van der Waals surface area contributed by atoms with E-state index in [1.807, 2.05) is 19.1 Å². The van der Waals surface area contributed by atoms with Gasteiger partial charge < -0.3 is 5.32 Å². The van der Waals surface area contributed by atoms with E-state index in [2.05, 4.69) is 11.4 Å². The molecule has 0 aliphatic heterocycles. The van der Waals surface area contributed by atoms with E-state index in [1.165, 1.54) is 6.92 Å². The minimum Gasteiger partial charge on any atom is -0.350 e. The first-order chi connectivity index (χ1) is 6.63. The van der Waals surface area contributed by atoms with Gasteiger partial charge in [-0.05, 0) is 24.6 Å². The third-order valence-corrected chi connectivity index (χ3v) is 1.94. The Morgan fingerprint density at radius 1 is 1.57 bits per heavy atom. The zero-order valence-electron chi connectivity index (χ0n) is 8.24. The molecule has 0 bridgehead atoms. The molecule has 0 saturated heterocycles. The molecule has 0 aliphatic carbocycles. The molecule has 0 saturated carbocycles. The van der Waals surface area contributed by atoms with Crippen molar-refractivity contribution in [3.8, 4) is 6.07 Å². The fraction of sp³-hybridized carbons (Fsp3) is 0.273. The lowest BCUT2D eigenvalue weighted by atomic mass is 10.1. The standard InChI is InChI=1S/C11H12N2O/c1-8(13-9(2)14)11-5-3-4-10(6-11)7-12/h3-6,8H,1-2H3,(H,13,14)/t8-/m1/s1. The monoisotopic (exact) mass is 188 g/mol. The van der Waals surface area contributed by atoms with Crippen molar-refractivity contribution in [3.05, 3.63) is 35.4 Å². The summed E-state index contributed by atoms with van der Waals surface area (Å²) in [4.78, 5) is 10.8. The van der Waals surface area contributed by atoms with Crippen molar-refractivity contribution in [2.24, 2.45) is 0 Å². The lowest BCUT2D eigenvalue weighted by Crippen LogP contribution is -2.23. The average Bonchev–Trinajstić information content (AvgIpc) is 2.17. The fourth-order valence-corrected chi connectivity index (χ4v) is 1.27. The number of amides is 1. The third-order valence-electron chi connectivity index (χ3n) is 1.94. The Balaban J connectivity index is 2.85. The molecule has 0 heterocycles. The van der Waals surface area contributed by atoms with Gasteiger partial charge in [-0.1, -0.05) is 12.1 Å². The molecule has 0 unspecified atom stereocenters. The molecule has 1 aromatic rings. The molecule has 72 valence electrons. The van der Waals surface area contributed by atoms with Crippen molar-refractivity contribution in [1.82, 2.24) is 5.32 Å². The molecule has 3 nitrogen and oxygen atoms in total. The Morgan fingerprint density at radius 2 is 2.29 bits per heavy atom. The van der Waals surface area contributed by atoms with Crippen LogP contribution < -0.4 is 5.32 Å². The first kappa shape index (κ1) is 10.3. The lowest BCUT2D eigenvalue weighted by molar-refractivity contribution is -0.119. The summed E-state index contributed by atoms with van der Waals surface area (Å²) < 4.78 is 0. The molecule has 0 fully saturated rings. The highest BCUT2D eigenvalue weighted by atomic mass is 16.1. The van der Waals surface area contributed by atoms with Gasteiger partial charge >= 0.3 is 0 Å². The van der Waals surface area contributed by atoms with Crippen molar-refractivity contribution in [1.29, 1.82) is 5.26 Å². The van der Waals surface area contributed by atoms with Crippen molar-refractivity contribution < 1.29 is 4.79 Å². The maximum atomic E-state index is 10.8. The topological polar surface area (TPSA) is 52.9 Å². The summed E-state index contributed by atoms with van der Waals surface area (Å²) >= 11 is 0. The summed E-state index contributed by atoms with van der Waals surface area (Å²) in [7, 11) is 0. The van der Waals surface area contributed by atoms with E-state index in [-0.39, 0.29) is 11.9 Å². The van der Waals surface area contributed by atoms with Gasteiger partial charge in [0.15, 0.2) is 0 Å². The summed E-state index contributed by atoms with van der Waals surface area (Å²) in [6, 6.07) is 9.23. The van der Waals surface area contributed by atoms with E-state index in [0.29, 0.717) is 5.56 Å². The number of carbonyl (C=O) groups is 1. The third kappa shape index (κ3) is 2.60. The summed E-state index contributed by atoms with van der Waals surface area (Å²) in [5.74, 6) is -0.0696. The van der Waals surface area contributed by atoms with Gasteiger partial charge in [0.2, 0.25) is 5.91 Å². The largest absolute Gasteiger partial charge is 0.350 e. The predicted molar refractivity (Wildman–Crippen MR) is 53.4 cm³/mol. The van der Waals surface area contributed by atoms with Crippen LogP contribution in [-0.2, 0) is 4.79 Å². The Bertz CT molecular complexity index is 379. The van der Waals surface area contributed by atoms with E-state index in [4.69, 9.17) is 5.26 Å². The van der Waals surface area contributed by atoms with Gasteiger partial charge in [0.25, 0.3) is 0 Å². The molecule has 0 aromatic heterocycles. The maximum Gasteiger partial charge on any atom is 0.217 e. The van der Waals surface area contributed by atoms with Gasteiger partial charge in [-0.3, -0.25) is 4.79 Å². The van der Waals surface area contributed by atoms with E-state index >= 15 is 0 Å². The Kier molecular flexibility index (Phi) is 3.24. The van der Waals surface area contributed by atoms with Crippen LogP contribution in [0.5, 0.6) is 0 Å². The molecule has 0 aliphatic rings. The summed E-state index contributed by atoms with van der Waals surface area (Å²) in [5.41, 5.74) is 1.55. The van der Waals surface area contributed by atoms with Crippen LogP contribution in [0.2, 0.25) is 0 Å². The number of carbonyl (C=O) groups excluding carboxylic acids is 1. The van der Waals surface area contributed by atoms with E-state index in [9.17, 15) is 4.79 Å². The van der Waals surface area contributed by atoms with Crippen LogP contribution in [0.25, 0.3) is 0 Å². The number of hydrogen-bond acceptors (Lipinski definition) is 2. The second-order valence-corrected chi connectivity index (χ2v) is 3.16. The van der Waals surface area contributed by atoms with Crippen LogP contribution in [0.15, 0.2) is 24.3 Å². The quantitative estimate of drug-likeness (QED) is 0.768. The van der Waals surface area contributed by atoms with Gasteiger partial charge in [-0.2, -0.15) is 5.26 Å². The average molecular weight is 188 g/mol. The highest BCUT2D eigenvalue weighted by Gasteiger charge is 2.06. The van der Waals surface area contributed by atoms with E-state index in [1.54, 1.807) is 12.1 Å². The summed E-state index contributed by atoms with van der Waals surface area (Å²) in [6.45, 7) is 3.36. The number of rotatable bonds is 2. The summed E-state index contributed by atoms with van der Waals surface area (Å²) in [6.07, 6.45) is 0. The van der Waals surface area contributed by atoms with Crippen LogP contribution in [0.3, 0.4) is 0 Å². The maximum absolute atomic E-state index is 10.8. The molecular formula is C11H12N2O. The molecule has 1 amide bonds. The smallest absolute Gasteiger partial charge is 0.217 e. The van der Waals surface area contributed by atoms with Crippen LogP contribution >= 0.6 is 0 Å². The zero-order valence-corrected chi connectivity index (χ0v) is 8.24. The molecule has 0 spiro atoms. The van der Waals surface area contributed by atoms with Crippen LogP contribution in [0, 0.1) is 11.3 Å². The summed E-state index contributed by atoms with van der Waals surface area (Å²) in [5, 5.41) is 11.5. The van der Waals surface area contributed by atoms with E-state index in [0.717, 1.165) is 5.56 Å². The van der Waals surface area contributed by atoms with E-state index < -0.39 is 0 Å². The lowest BCUT2D eigenvalue weighted by Gasteiger charge is -2.12. The van der Waals surface area contributed by atoms with Crippen LogP contribution in [-0.4, -0.2) is 5.91 Å². The molecule has 1 rings (SSSR count). The second-order valence-electron chi connectivity index (χ2n) is 3.16. The Morgan fingerprint density at radius 3 is 2.86 bits per heavy atom. The normalized spacial score (nSPS) is 11.5. The molecule has 14 heavy (non-hydrogen) atoms. The number of nitrogens with one attached hydrogen (secondary N) is 1. The SMILES string of the molecule is CC(=O)N[C@H](C)c1cccc(C#N)c1. The first-order valence-electron chi connectivity index (χ1n) is 4.40. The van der Waals surface area contributed by atoms with Gasteiger partial charge in [0.05, 0.1) is 17.7 Å². The molecule has 1 aromatic carbocycles. The fourth-order valence-electron chi connectivity index (χ4n) is 1.27. The van der Waals surface area contributed by atoms with Crippen molar-refractivity contribution >= 4 is 5.91 Å². The molecule has 1 atom stereocenters. The van der Waals surface area contributed by atoms with Crippen LogP contribution in [0.1, 0.15) is 31.0 Å². The zero-order chi connectivity index (χ0) is 10.6. The first-order valence-corrected chi connectivity index (χ1v) is 4.40. The van der Waals surface area contributed by atoms with Gasteiger partial charge in [-0.25, -0.2) is 0 Å².